The minimum absolute atomic E-state index is 0.107. The summed E-state index contributed by atoms with van der Waals surface area (Å²) in [5.41, 5.74) is 7.82. The number of fused-ring (bicyclic) bond motifs is 2. The molecule has 7 heteroatoms. The number of nitrogens with two attached hydrogens (primary N) is 1. The Bertz CT molecular complexity index is 942. The molecule has 4 heterocycles. The monoisotopic (exact) mass is 309 g/mol. The van der Waals surface area contributed by atoms with Gasteiger partial charge in [-0.05, 0) is 25.1 Å². The van der Waals surface area contributed by atoms with Gasteiger partial charge in [-0.1, -0.05) is 0 Å². The first-order valence-corrected chi connectivity index (χ1v) is 7.30. The van der Waals surface area contributed by atoms with E-state index in [9.17, 15) is 0 Å². The predicted molar refractivity (Wildman–Crippen MR) is 85.1 cm³/mol. The molecule has 1 atom stereocenters. The van der Waals surface area contributed by atoms with E-state index in [1.54, 1.807) is 29.2 Å². The van der Waals surface area contributed by atoms with Crippen molar-refractivity contribution in [2.75, 3.05) is 6.54 Å². The molecule has 4 aromatic heterocycles. The average Bonchev–Trinajstić information content (AvgIpc) is 3.17. The third-order valence-electron chi connectivity index (χ3n) is 3.56. The van der Waals surface area contributed by atoms with Gasteiger partial charge < -0.3 is 14.9 Å². The van der Waals surface area contributed by atoms with Gasteiger partial charge in [-0.25, -0.2) is 9.50 Å². The maximum Gasteiger partial charge on any atom is 0.232 e. The second kappa shape index (κ2) is 5.36. The predicted octanol–water partition coefficient (Wildman–Crippen LogP) is 2.26. The van der Waals surface area contributed by atoms with Crippen LogP contribution in [0.3, 0.4) is 0 Å². The highest BCUT2D eigenvalue weighted by Gasteiger charge is 2.13. The summed E-state index contributed by atoms with van der Waals surface area (Å²) in [6.45, 7) is 2.32. The molecular formula is C16H15N5O2. The standard InChI is InChI=1S/C16H15N5O2/c1-10(7-17)22-16-3-2-15-19-9-12(21(15)20-16)14-6-11-8-18-5-4-13(11)23-14/h2-6,8-10H,7,17H2,1H3/t10-/m1/s1. The first kappa shape index (κ1) is 13.7. The lowest BCUT2D eigenvalue weighted by Crippen LogP contribution is -2.23. The van der Waals surface area contributed by atoms with E-state index in [0.717, 1.165) is 16.7 Å². The van der Waals surface area contributed by atoms with Crippen LogP contribution in [0.2, 0.25) is 0 Å². The van der Waals surface area contributed by atoms with Crippen molar-refractivity contribution in [1.82, 2.24) is 19.6 Å². The fourth-order valence-electron chi connectivity index (χ4n) is 2.35. The van der Waals surface area contributed by atoms with Gasteiger partial charge in [-0.2, -0.15) is 0 Å². The van der Waals surface area contributed by atoms with E-state index in [0.29, 0.717) is 23.8 Å². The summed E-state index contributed by atoms with van der Waals surface area (Å²) in [7, 11) is 0. The molecule has 0 saturated heterocycles. The second-order valence-corrected chi connectivity index (χ2v) is 5.27. The Morgan fingerprint density at radius 1 is 1.30 bits per heavy atom. The number of hydrogen-bond donors (Lipinski definition) is 1. The van der Waals surface area contributed by atoms with Gasteiger partial charge in [0.05, 0.1) is 6.20 Å². The molecule has 4 rings (SSSR count). The van der Waals surface area contributed by atoms with Crippen molar-refractivity contribution in [2.45, 2.75) is 13.0 Å². The summed E-state index contributed by atoms with van der Waals surface area (Å²) in [4.78, 5) is 8.45. The lowest BCUT2D eigenvalue weighted by molar-refractivity contribution is 0.217. The van der Waals surface area contributed by atoms with Crippen LogP contribution in [0.25, 0.3) is 28.1 Å². The Hall–Kier alpha value is -2.93. The van der Waals surface area contributed by atoms with E-state index in [-0.39, 0.29) is 6.10 Å². The van der Waals surface area contributed by atoms with Gasteiger partial charge in [0.15, 0.2) is 11.4 Å². The van der Waals surface area contributed by atoms with Crippen LogP contribution in [-0.2, 0) is 0 Å². The molecule has 0 unspecified atom stereocenters. The molecule has 4 aromatic rings. The van der Waals surface area contributed by atoms with Gasteiger partial charge in [-0.3, -0.25) is 4.98 Å². The van der Waals surface area contributed by atoms with Crippen LogP contribution in [0.15, 0.2) is 47.3 Å². The lowest BCUT2D eigenvalue weighted by atomic mass is 10.3. The smallest absolute Gasteiger partial charge is 0.232 e. The number of furan rings is 1. The Kier molecular flexibility index (Phi) is 3.20. The van der Waals surface area contributed by atoms with E-state index in [1.165, 1.54) is 0 Å². The number of aromatic nitrogens is 4. The summed E-state index contributed by atoms with van der Waals surface area (Å²) in [5, 5.41) is 5.40. The quantitative estimate of drug-likeness (QED) is 0.621. The summed E-state index contributed by atoms with van der Waals surface area (Å²) in [6, 6.07) is 7.37. The molecule has 0 aliphatic carbocycles. The van der Waals surface area contributed by atoms with Crippen molar-refractivity contribution in [3.8, 4) is 17.3 Å². The zero-order valence-electron chi connectivity index (χ0n) is 12.5. The van der Waals surface area contributed by atoms with E-state index in [2.05, 4.69) is 15.1 Å². The molecule has 0 fully saturated rings. The molecule has 0 aromatic carbocycles. The Morgan fingerprint density at radius 2 is 2.22 bits per heavy atom. The van der Waals surface area contributed by atoms with Crippen molar-refractivity contribution < 1.29 is 9.15 Å². The van der Waals surface area contributed by atoms with Crippen molar-refractivity contribution >= 4 is 16.6 Å². The number of hydrogen-bond acceptors (Lipinski definition) is 6. The summed E-state index contributed by atoms with van der Waals surface area (Å²) < 4.78 is 13.2. The summed E-state index contributed by atoms with van der Waals surface area (Å²) >= 11 is 0. The molecule has 0 radical (unpaired) electrons. The zero-order chi connectivity index (χ0) is 15.8. The first-order chi connectivity index (χ1) is 11.2. The average molecular weight is 309 g/mol. The van der Waals surface area contributed by atoms with Gasteiger partial charge in [0.1, 0.15) is 17.4 Å². The molecule has 23 heavy (non-hydrogen) atoms. The fraction of sp³-hybridized carbons (Fsp3) is 0.188. The van der Waals surface area contributed by atoms with E-state index < -0.39 is 0 Å². The van der Waals surface area contributed by atoms with Gasteiger partial charge in [0.2, 0.25) is 5.88 Å². The van der Waals surface area contributed by atoms with Crippen LogP contribution in [0.1, 0.15) is 6.92 Å². The highest BCUT2D eigenvalue weighted by atomic mass is 16.5. The van der Waals surface area contributed by atoms with Crippen LogP contribution < -0.4 is 10.5 Å². The van der Waals surface area contributed by atoms with E-state index >= 15 is 0 Å². The van der Waals surface area contributed by atoms with Crippen molar-refractivity contribution in [1.29, 1.82) is 0 Å². The van der Waals surface area contributed by atoms with Crippen molar-refractivity contribution in [3.05, 3.63) is 42.9 Å². The molecule has 0 saturated carbocycles. The molecule has 2 N–H and O–H groups in total. The van der Waals surface area contributed by atoms with Crippen LogP contribution in [0, 0.1) is 0 Å². The largest absolute Gasteiger partial charge is 0.472 e. The Morgan fingerprint density at radius 3 is 3.04 bits per heavy atom. The molecule has 0 amide bonds. The molecule has 0 bridgehead atoms. The molecule has 0 spiro atoms. The highest BCUT2D eigenvalue weighted by Crippen LogP contribution is 2.27. The summed E-state index contributed by atoms with van der Waals surface area (Å²) in [6.07, 6.45) is 5.08. The van der Waals surface area contributed by atoms with Crippen molar-refractivity contribution in [2.24, 2.45) is 5.73 Å². The van der Waals surface area contributed by atoms with Crippen LogP contribution >= 0.6 is 0 Å². The number of ether oxygens (including phenoxy) is 1. The Balaban J connectivity index is 1.81. The van der Waals surface area contributed by atoms with Crippen LogP contribution in [0.4, 0.5) is 0 Å². The minimum Gasteiger partial charge on any atom is -0.472 e. The molecule has 0 aliphatic rings. The van der Waals surface area contributed by atoms with Gasteiger partial charge >= 0.3 is 0 Å². The van der Waals surface area contributed by atoms with Crippen LogP contribution in [0.5, 0.6) is 5.88 Å². The highest BCUT2D eigenvalue weighted by molar-refractivity contribution is 5.81. The first-order valence-electron chi connectivity index (χ1n) is 7.30. The van der Waals surface area contributed by atoms with Crippen LogP contribution in [-0.4, -0.2) is 32.2 Å². The minimum atomic E-state index is -0.107. The zero-order valence-corrected chi connectivity index (χ0v) is 12.5. The topological polar surface area (TPSA) is 91.5 Å². The maximum atomic E-state index is 5.86. The fourth-order valence-corrected chi connectivity index (χ4v) is 2.35. The van der Waals surface area contributed by atoms with E-state index in [1.807, 2.05) is 25.1 Å². The lowest BCUT2D eigenvalue weighted by Gasteiger charge is -2.11. The SMILES string of the molecule is C[C@H](CN)Oc1ccc2ncc(-c3cc4cnccc4o3)n2n1. The van der Waals surface area contributed by atoms with Crippen molar-refractivity contribution in [3.63, 3.8) is 0 Å². The number of nitrogens with zero attached hydrogens (tertiary/aromatic N) is 4. The number of imidazole rings is 1. The maximum absolute atomic E-state index is 5.86. The van der Waals surface area contributed by atoms with Gasteiger partial charge in [-0.15, -0.1) is 5.10 Å². The van der Waals surface area contributed by atoms with Gasteiger partial charge in [0.25, 0.3) is 0 Å². The normalized spacial score (nSPS) is 12.8. The van der Waals surface area contributed by atoms with Gasteiger partial charge in [0, 0.05) is 30.4 Å². The number of pyridine rings is 1. The molecular weight excluding hydrogens is 294 g/mol. The third kappa shape index (κ3) is 2.40. The Labute approximate surface area is 131 Å². The number of rotatable bonds is 4. The molecule has 116 valence electrons. The molecule has 7 nitrogen and oxygen atoms in total. The molecule has 0 aliphatic heterocycles. The summed E-state index contributed by atoms with van der Waals surface area (Å²) in [5.74, 6) is 1.17. The van der Waals surface area contributed by atoms with E-state index in [4.69, 9.17) is 14.9 Å². The third-order valence-corrected chi connectivity index (χ3v) is 3.56. The second-order valence-electron chi connectivity index (χ2n) is 5.27.